The second-order valence-corrected chi connectivity index (χ2v) is 7.00. The normalized spacial score (nSPS) is 20.5. The number of fused-ring (bicyclic) bond motifs is 1. The van der Waals surface area contributed by atoms with E-state index in [1.807, 2.05) is 24.3 Å². The third kappa shape index (κ3) is 3.66. The van der Waals surface area contributed by atoms with Crippen molar-refractivity contribution in [3.63, 3.8) is 0 Å². The molecule has 1 fully saturated rings. The number of ether oxygens (including phenoxy) is 2. The largest absolute Gasteiger partial charge is 0.487 e. The third-order valence-electron chi connectivity index (χ3n) is 5.15. The summed E-state index contributed by atoms with van der Waals surface area (Å²) in [6.07, 6.45) is 3.51. The van der Waals surface area contributed by atoms with Gasteiger partial charge in [-0.05, 0) is 6.07 Å². The van der Waals surface area contributed by atoms with Gasteiger partial charge in [-0.25, -0.2) is 4.79 Å². The standard InChI is InChI=1S/C19H21N3O5/c23-16-5-8-22(18(25)21-16)12-17(24)20-14-11-19(6-9-26-10-7-19)27-15-4-2-1-3-13(14)15/h1-5,8,14H,6-7,9-12H2,(H,20,24)(H,21,23,25)/t14-/m1/s1. The third-order valence-corrected chi connectivity index (χ3v) is 5.15. The van der Waals surface area contributed by atoms with Gasteiger partial charge in [0.1, 0.15) is 17.9 Å². The molecule has 2 N–H and O–H groups in total. The van der Waals surface area contributed by atoms with Gasteiger partial charge >= 0.3 is 5.69 Å². The molecule has 27 heavy (non-hydrogen) atoms. The predicted molar refractivity (Wildman–Crippen MR) is 96.7 cm³/mol. The minimum Gasteiger partial charge on any atom is -0.487 e. The van der Waals surface area contributed by atoms with Crippen LogP contribution in [-0.2, 0) is 16.1 Å². The Hall–Kier alpha value is -2.87. The summed E-state index contributed by atoms with van der Waals surface area (Å²) in [5.41, 5.74) is -0.515. The molecule has 0 aliphatic carbocycles. The Morgan fingerprint density at radius 2 is 2.00 bits per heavy atom. The molecule has 142 valence electrons. The van der Waals surface area contributed by atoms with E-state index in [1.54, 1.807) is 0 Å². The van der Waals surface area contributed by atoms with Gasteiger partial charge in [0.25, 0.3) is 5.56 Å². The molecule has 0 saturated carbocycles. The van der Waals surface area contributed by atoms with Gasteiger partial charge in [0.15, 0.2) is 0 Å². The van der Waals surface area contributed by atoms with Gasteiger partial charge in [-0.2, -0.15) is 0 Å². The van der Waals surface area contributed by atoms with Gasteiger partial charge in [-0.1, -0.05) is 18.2 Å². The van der Waals surface area contributed by atoms with Crippen molar-refractivity contribution in [1.29, 1.82) is 0 Å². The van der Waals surface area contributed by atoms with Crippen LogP contribution in [0.15, 0.2) is 46.1 Å². The molecule has 4 rings (SSSR count). The Bertz CT molecular complexity index is 958. The van der Waals surface area contributed by atoms with Gasteiger partial charge in [0.2, 0.25) is 5.91 Å². The fraction of sp³-hybridized carbons (Fsp3) is 0.421. The molecule has 8 heteroatoms. The molecule has 0 unspecified atom stereocenters. The van der Waals surface area contributed by atoms with Crippen LogP contribution in [0.1, 0.15) is 30.9 Å². The molecule has 2 aliphatic rings. The number of para-hydroxylation sites is 1. The van der Waals surface area contributed by atoms with E-state index < -0.39 is 11.2 Å². The molecule has 1 amide bonds. The van der Waals surface area contributed by atoms with Crippen LogP contribution in [0.4, 0.5) is 0 Å². The van der Waals surface area contributed by atoms with Crippen LogP contribution in [0.3, 0.4) is 0 Å². The smallest absolute Gasteiger partial charge is 0.328 e. The van der Waals surface area contributed by atoms with E-state index in [0.29, 0.717) is 19.6 Å². The molecular weight excluding hydrogens is 350 g/mol. The minimum atomic E-state index is -0.606. The van der Waals surface area contributed by atoms with Crippen molar-refractivity contribution in [2.45, 2.75) is 37.5 Å². The summed E-state index contributed by atoms with van der Waals surface area (Å²) in [7, 11) is 0. The molecule has 1 aromatic heterocycles. The van der Waals surface area contributed by atoms with E-state index in [0.717, 1.165) is 24.2 Å². The number of amides is 1. The number of nitrogens with zero attached hydrogens (tertiary/aromatic N) is 1. The molecular formula is C19H21N3O5. The Balaban J connectivity index is 1.55. The maximum absolute atomic E-state index is 12.6. The van der Waals surface area contributed by atoms with E-state index in [1.165, 1.54) is 16.8 Å². The molecule has 0 bridgehead atoms. The monoisotopic (exact) mass is 371 g/mol. The van der Waals surface area contributed by atoms with E-state index in [4.69, 9.17) is 9.47 Å². The minimum absolute atomic E-state index is 0.161. The highest BCUT2D eigenvalue weighted by Crippen LogP contribution is 2.43. The Kier molecular flexibility index (Phi) is 4.57. The molecule has 8 nitrogen and oxygen atoms in total. The second-order valence-electron chi connectivity index (χ2n) is 7.00. The zero-order chi connectivity index (χ0) is 18.9. The SMILES string of the molecule is O=C(Cn1ccc(=O)[nH]c1=O)N[C@@H]1CC2(CCOCC2)Oc2ccccc21. The molecule has 1 saturated heterocycles. The molecule has 1 atom stereocenters. The van der Waals surface area contributed by atoms with Crippen molar-refractivity contribution in [3.05, 3.63) is 62.9 Å². The van der Waals surface area contributed by atoms with Crippen LogP contribution >= 0.6 is 0 Å². The van der Waals surface area contributed by atoms with Crippen molar-refractivity contribution >= 4 is 5.91 Å². The maximum atomic E-state index is 12.6. The van der Waals surface area contributed by atoms with Crippen molar-refractivity contribution in [2.24, 2.45) is 0 Å². The van der Waals surface area contributed by atoms with E-state index in [2.05, 4.69) is 10.3 Å². The predicted octanol–water partition coefficient (Wildman–Crippen LogP) is 0.726. The molecule has 0 radical (unpaired) electrons. The number of H-pyrrole nitrogens is 1. The summed E-state index contributed by atoms with van der Waals surface area (Å²) in [4.78, 5) is 37.7. The summed E-state index contributed by atoms with van der Waals surface area (Å²) in [6.45, 7) is 1.11. The number of rotatable bonds is 3. The lowest BCUT2D eigenvalue weighted by Crippen LogP contribution is -2.49. The molecule has 2 aliphatic heterocycles. The Morgan fingerprint density at radius 1 is 1.22 bits per heavy atom. The number of benzene rings is 1. The first kappa shape index (κ1) is 17.5. The van der Waals surface area contributed by atoms with E-state index in [-0.39, 0.29) is 24.1 Å². The average Bonchev–Trinajstić information content (AvgIpc) is 2.64. The summed E-state index contributed by atoms with van der Waals surface area (Å²) in [5, 5.41) is 3.03. The highest BCUT2D eigenvalue weighted by molar-refractivity contribution is 5.76. The highest BCUT2D eigenvalue weighted by Gasteiger charge is 2.42. The Morgan fingerprint density at radius 3 is 2.78 bits per heavy atom. The number of hydrogen-bond donors (Lipinski definition) is 2. The van der Waals surface area contributed by atoms with Crippen LogP contribution < -0.4 is 21.3 Å². The fourth-order valence-electron chi connectivity index (χ4n) is 3.76. The van der Waals surface area contributed by atoms with Crippen LogP contribution in [0.25, 0.3) is 0 Å². The quantitative estimate of drug-likeness (QED) is 0.828. The zero-order valence-corrected chi connectivity index (χ0v) is 14.8. The number of aromatic amines is 1. The first-order valence-corrected chi connectivity index (χ1v) is 9.00. The number of carbonyl (C=O) groups is 1. The molecule has 2 aromatic rings. The van der Waals surface area contributed by atoms with Gasteiger partial charge in [0, 0.05) is 37.1 Å². The van der Waals surface area contributed by atoms with Crippen molar-refractivity contribution < 1.29 is 14.3 Å². The number of carbonyl (C=O) groups excluding carboxylic acids is 1. The summed E-state index contributed by atoms with van der Waals surface area (Å²) < 4.78 is 12.9. The lowest BCUT2D eigenvalue weighted by Gasteiger charge is -2.44. The Labute approximate surface area is 155 Å². The molecule has 3 heterocycles. The van der Waals surface area contributed by atoms with Crippen LogP contribution in [0.5, 0.6) is 5.75 Å². The fourth-order valence-corrected chi connectivity index (χ4v) is 3.76. The highest BCUT2D eigenvalue weighted by atomic mass is 16.5. The van der Waals surface area contributed by atoms with Crippen molar-refractivity contribution in [3.8, 4) is 5.75 Å². The van der Waals surface area contributed by atoms with Gasteiger partial charge in [0.05, 0.1) is 19.3 Å². The van der Waals surface area contributed by atoms with E-state index >= 15 is 0 Å². The van der Waals surface area contributed by atoms with Gasteiger partial charge in [-0.3, -0.25) is 19.1 Å². The zero-order valence-electron chi connectivity index (χ0n) is 14.8. The lowest BCUT2D eigenvalue weighted by atomic mass is 9.82. The van der Waals surface area contributed by atoms with Gasteiger partial charge in [-0.15, -0.1) is 0 Å². The second kappa shape index (κ2) is 7.03. The molecule has 1 spiro atoms. The lowest BCUT2D eigenvalue weighted by molar-refractivity contribution is -0.123. The maximum Gasteiger partial charge on any atom is 0.328 e. The topological polar surface area (TPSA) is 102 Å². The first-order valence-electron chi connectivity index (χ1n) is 9.00. The van der Waals surface area contributed by atoms with Crippen LogP contribution in [0.2, 0.25) is 0 Å². The summed E-state index contributed by atoms with van der Waals surface area (Å²) in [6, 6.07) is 8.69. The molecule has 1 aromatic carbocycles. The first-order chi connectivity index (χ1) is 13.0. The average molecular weight is 371 g/mol. The summed E-state index contributed by atoms with van der Waals surface area (Å²) in [5.74, 6) is 0.477. The number of aromatic nitrogens is 2. The van der Waals surface area contributed by atoms with Crippen molar-refractivity contribution in [1.82, 2.24) is 14.9 Å². The number of hydrogen-bond acceptors (Lipinski definition) is 5. The van der Waals surface area contributed by atoms with Crippen molar-refractivity contribution in [2.75, 3.05) is 13.2 Å². The van der Waals surface area contributed by atoms with E-state index in [9.17, 15) is 14.4 Å². The van der Waals surface area contributed by atoms with Crippen LogP contribution in [-0.4, -0.2) is 34.3 Å². The summed E-state index contributed by atoms with van der Waals surface area (Å²) >= 11 is 0. The number of nitrogens with one attached hydrogen (secondary N) is 2. The van der Waals surface area contributed by atoms with Crippen LogP contribution in [0, 0.1) is 0 Å². The van der Waals surface area contributed by atoms with Gasteiger partial charge < -0.3 is 14.8 Å².